The Morgan fingerprint density at radius 3 is 2.79 bits per heavy atom. The van der Waals surface area contributed by atoms with Gasteiger partial charge in [-0.2, -0.15) is 5.26 Å². The zero-order chi connectivity index (χ0) is 13.9. The first-order valence-electron chi connectivity index (χ1n) is 6.22. The van der Waals surface area contributed by atoms with Crippen LogP contribution in [0, 0.1) is 17.2 Å². The summed E-state index contributed by atoms with van der Waals surface area (Å²) in [6.45, 7) is 0.409. The molecule has 1 aromatic carbocycles. The zero-order valence-corrected chi connectivity index (χ0v) is 12.0. The molecule has 102 valence electrons. The molecule has 1 saturated carbocycles. The minimum atomic E-state index is -3.63. The maximum absolute atomic E-state index is 12.1. The number of nitriles is 1. The second-order valence-electron chi connectivity index (χ2n) is 4.74. The molecular weight excluding hydrogens is 284 g/mol. The molecule has 0 atom stereocenters. The number of rotatable bonds is 6. The van der Waals surface area contributed by atoms with Gasteiger partial charge in [0, 0.05) is 6.54 Å². The van der Waals surface area contributed by atoms with E-state index in [-0.39, 0.29) is 15.5 Å². The third-order valence-corrected chi connectivity index (χ3v) is 5.07. The smallest absolute Gasteiger partial charge is 0.211 e. The van der Waals surface area contributed by atoms with Gasteiger partial charge in [0.2, 0.25) is 10.0 Å². The molecule has 4 nitrogen and oxygen atoms in total. The predicted octanol–water partition coefficient (Wildman–Crippen LogP) is 2.68. The molecular formula is C13H15ClN2O2S. The van der Waals surface area contributed by atoms with Gasteiger partial charge in [0.05, 0.1) is 16.7 Å². The average Bonchev–Trinajstić information content (AvgIpc) is 3.19. The molecule has 0 aromatic heterocycles. The highest BCUT2D eigenvalue weighted by molar-refractivity contribution is 7.89. The van der Waals surface area contributed by atoms with Gasteiger partial charge in [-0.1, -0.05) is 24.4 Å². The van der Waals surface area contributed by atoms with Crippen molar-refractivity contribution in [1.82, 2.24) is 4.72 Å². The van der Waals surface area contributed by atoms with Crippen molar-refractivity contribution in [1.29, 1.82) is 5.26 Å². The molecule has 0 unspecified atom stereocenters. The van der Waals surface area contributed by atoms with Gasteiger partial charge in [-0.05, 0) is 37.0 Å². The molecule has 1 N–H and O–H groups in total. The molecule has 19 heavy (non-hydrogen) atoms. The topological polar surface area (TPSA) is 70.0 Å². The standard InChI is InChI=1S/C13H15ClN2O2S/c14-12-6-5-11(9-15)8-13(12)19(17,18)16-7-1-2-10-3-4-10/h5-6,8,10,16H,1-4,7H2. The lowest BCUT2D eigenvalue weighted by Crippen LogP contribution is -2.25. The molecule has 1 aliphatic rings. The van der Waals surface area contributed by atoms with Gasteiger partial charge >= 0.3 is 0 Å². The fourth-order valence-electron chi connectivity index (χ4n) is 1.86. The monoisotopic (exact) mass is 298 g/mol. The van der Waals surface area contributed by atoms with Crippen molar-refractivity contribution in [2.75, 3.05) is 6.54 Å². The number of halogens is 1. The summed E-state index contributed by atoms with van der Waals surface area (Å²) in [4.78, 5) is -0.0281. The Morgan fingerprint density at radius 1 is 1.42 bits per heavy atom. The zero-order valence-electron chi connectivity index (χ0n) is 10.4. The molecule has 0 saturated heterocycles. The summed E-state index contributed by atoms with van der Waals surface area (Å²) in [6.07, 6.45) is 4.43. The Morgan fingerprint density at radius 2 is 2.16 bits per heavy atom. The molecule has 0 spiro atoms. The highest BCUT2D eigenvalue weighted by Gasteiger charge is 2.21. The van der Waals surface area contributed by atoms with Crippen molar-refractivity contribution in [3.63, 3.8) is 0 Å². The van der Waals surface area contributed by atoms with E-state index >= 15 is 0 Å². The van der Waals surface area contributed by atoms with E-state index in [0.717, 1.165) is 18.8 Å². The van der Waals surface area contributed by atoms with Crippen LogP contribution in [0.4, 0.5) is 0 Å². The number of hydrogen-bond acceptors (Lipinski definition) is 3. The van der Waals surface area contributed by atoms with E-state index in [1.165, 1.54) is 31.0 Å². The number of benzene rings is 1. The third-order valence-electron chi connectivity index (χ3n) is 3.13. The summed E-state index contributed by atoms with van der Waals surface area (Å²) in [5, 5.41) is 8.93. The van der Waals surface area contributed by atoms with Crippen LogP contribution in [-0.4, -0.2) is 15.0 Å². The molecule has 6 heteroatoms. The lowest BCUT2D eigenvalue weighted by molar-refractivity contribution is 0.572. The highest BCUT2D eigenvalue weighted by atomic mass is 35.5. The van der Waals surface area contributed by atoms with E-state index in [4.69, 9.17) is 16.9 Å². The first-order chi connectivity index (χ1) is 9.03. The predicted molar refractivity (Wildman–Crippen MR) is 73.3 cm³/mol. The summed E-state index contributed by atoms with van der Waals surface area (Å²) in [5.41, 5.74) is 0.280. The summed E-state index contributed by atoms with van der Waals surface area (Å²) < 4.78 is 26.7. The second-order valence-corrected chi connectivity index (χ2v) is 6.88. The highest BCUT2D eigenvalue weighted by Crippen LogP contribution is 2.33. The fourth-order valence-corrected chi connectivity index (χ4v) is 3.46. The van der Waals surface area contributed by atoms with Crippen LogP contribution in [0.5, 0.6) is 0 Å². The molecule has 2 rings (SSSR count). The average molecular weight is 299 g/mol. The number of nitrogens with zero attached hydrogens (tertiary/aromatic N) is 1. The number of sulfonamides is 1. The first kappa shape index (κ1) is 14.3. The summed E-state index contributed by atoms with van der Waals surface area (Å²) in [5.74, 6) is 0.787. The van der Waals surface area contributed by atoms with Crippen LogP contribution >= 0.6 is 11.6 Å². The lowest BCUT2D eigenvalue weighted by Gasteiger charge is -2.08. The van der Waals surface area contributed by atoms with E-state index in [0.29, 0.717) is 6.54 Å². The molecule has 1 aliphatic carbocycles. The van der Waals surface area contributed by atoms with Crippen molar-refractivity contribution in [2.24, 2.45) is 5.92 Å². The molecule has 0 amide bonds. The maximum atomic E-state index is 12.1. The van der Waals surface area contributed by atoms with Crippen LogP contribution in [0.1, 0.15) is 31.2 Å². The Balaban J connectivity index is 2.03. The van der Waals surface area contributed by atoms with Crippen molar-refractivity contribution < 1.29 is 8.42 Å². The van der Waals surface area contributed by atoms with Crippen LogP contribution in [0.15, 0.2) is 23.1 Å². The summed E-state index contributed by atoms with van der Waals surface area (Å²) in [6, 6.07) is 6.13. The first-order valence-corrected chi connectivity index (χ1v) is 8.08. The van der Waals surface area contributed by atoms with Crippen LogP contribution in [-0.2, 0) is 10.0 Å². The molecule has 1 fully saturated rings. The molecule has 1 aromatic rings. The normalized spacial score (nSPS) is 15.2. The molecule has 0 bridgehead atoms. The van der Waals surface area contributed by atoms with Gasteiger partial charge in [-0.15, -0.1) is 0 Å². The largest absolute Gasteiger partial charge is 0.242 e. The lowest BCUT2D eigenvalue weighted by atomic mass is 10.2. The van der Waals surface area contributed by atoms with Gasteiger partial charge in [-0.25, -0.2) is 13.1 Å². The van der Waals surface area contributed by atoms with Crippen molar-refractivity contribution in [3.8, 4) is 6.07 Å². The minimum absolute atomic E-state index is 0.0281. The van der Waals surface area contributed by atoms with Gasteiger partial charge in [0.1, 0.15) is 4.90 Å². The van der Waals surface area contributed by atoms with Crippen LogP contribution in [0.2, 0.25) is 5.02 Å². The molecule has 0 radical (unpaired) electrons. The Hall–Kier alpha value is -1.09. The Labute approximate surface area is 118 Å². The quantitative estimate of drug-likeness (QED) is 0.821. The fraction of sp³-hybridized carbons (Fsp3) is 0.462. The van der Waals surface area contributed by atoms with Gasteiger partial charge < -0.3 is 0 Å². The molecule has 0 heterocycles. The van der Waals surface area contributed by atoms with Crippen molar-refractivity contribution in [2.45, 2.75) is 30.6 Å². The molecule has 0 aliphatic heterocycles. The summed E-state index contributed by atoms with van der Waals surface area (Å²) in [7, 11) is -3.63. The van der Waals surface area contributed by atoms with Gasteiger partial charge in [0.25, 0.3) is 0 Å². The Kier molecular flexibility index (Phi) is 4.46. The van der Waals surface area contributed by atoms with E-state index in [1.807, 2.05) is 6.07 Å². The number of hydrogen-bond donors (Lipinski definition) is 1. The SMILES string of the molecule is N#Cc1ccc(Cl)c(S(=O)(=O)NCCCC2CC2)c1. The number of nitrogens with one attached hydrogen (secondary N) is 1. The van der Waals surface area contributed by atoms with E-state index in [2.05, 4.69) is 4.72 Å². The maximum Gasteiger partial charge on any atom is 0.242 e. The van der Waals surface area contributed by atoms with Crippen molar-refractivity contribution in [3.05, 3.63) is 28.8 Å². The van der Waals surface area contributed by atoms with Crippen LogP contribution in [0.3, 0.4) is 0 Å². The second kappa shape index (κ2) is 5.91. The third kappa shape index (κ3) is 3.93. The van der Waals surface area contributed by atoms with Crippen molar-refractivity contribution >= 4 is 21.6 Å². The minimum Gasteiger partial charge on any atom is -0.211 e. The van der Waals surface area contributed by atoms with Crippen LogP contribution < -0.4 is 4.72 Å². The van der Waals surface area contributed by atoms with Gasteiger partial charge in [0.15, 0.2) is 0 Å². The van der Waals surface area contributed by atoms with E-state index in [1.54, 1.807) is 0 Å². The van der Waals surface area contributed by atoms with E-state index < -0.39 is 10.0 Å². The van der Waals surface area contributed by atoms with Gasteiger partial charge in [-0.3, -0.25) is 0 Å². The Bertz CT molecular complexity index is 604. The summed E-state index contributed by atoms with van der Waals surface area (Å²) >= 11 is 5.88. The van der Waals surface area contributed by atoms with E-state index in [9.17, 15) is 8.42 Å². The van der Waals surface area contributed by atoms with Crippen LogP contribution in [0.25, 0.3) is 0 Å².